The van der Waals surface area contributed by atoms with Crippen LogP contribution in [0.5, 0.6) is 0 Å². The summed E-state index contributed by atoms with van der Waals surface area (Å²) < 4.78 is 12.8. The third-order valence-electron chi connectivity index (χ3n) is 2.91. The average molecular weight is 288 g/mol. The molecule has 0 fully saturated rings. The Bertz CT molecular complexity index is 599. The molecule has 0 aliphatic rings. The fourth-order valence-electron chi connectivity index (χ4n) is 1.91. The Morgan fingerprint density at radius 2 is 1.76 bits per heavy atom. The first-order valence-corrected chi connectivity index (χ1v) is 6.71. The van der Waals surface area contributed by atoms with Crippen molar-refractivity contribution in [2.24, 2.45) is 0 Å². The molecule has 110 valence electrons. The number of hydrogen-bond acceptors (Lipinski definition) is 2. The number of rotatable bonds is 5. The smallest absolute Gasteiger partial charge is 0.323 e. The molecule has 21 heavy (non-hydrogen) atoms. The van der Waals surface area contributed by atoms with Crippen LogP contribution in [-0.2, 0) is 6.42 Å². The molecule has 0 atom stereocenters. The van der Waals surface area contributed by atoms with Crippen molar-refractivity contribution in [2.45, 2.75) is 12.8 Å². The molecule has 4 nitrogen and oxygen atoms in total. The Labute approximate surface area is 122 Å². The molecule has 0 aliphatic heterocycles. The van der Waals surface area contributed by atoms with Gasteiger partial charge in [0.15, 0.2) is 0 Å². The third-order valence-corrected chi connectivity index (χ3v) is 2.91. The number of urea groups is 1. The van der Waals surface area contributed by atoms with E-state index in [4.69, 9.17) is 5.11 Å². The van der Waals surface area contributed by atoms with Gasteiger partial charge in [0, 0.05) is 18.0 Å². The maximum atomic E-state index is 12.8. The molecule has 0 heterocycles. The highest BCUT2D eigenvalue weighted by molar-refractivity contribution is 5.99. The zero-order chi connectivity index (χ0) is 15.1. The summed E-state index contributed by atoms with van der Waals surface area (Å²) in [6, 6.07) is 12.6. The highest BCUT2D eigenvalue weighted by Crippen LogP contribution is 2.13. The van der Waals surface area contributed by atoms with Gasteiger partial charge in [-0.15, -0.1) is 0 Å². The molecule has 2 aromatic rings. The molecule has 2 amide bonds. The minimum atomic E-state index is -0.388. The highest BCUT2D eigenvalue weighted by atomic mass is 19.1. The van der Waals surface area contributed by atoms with Crippen LogP contribution in [0, 0.1) is 5.82 Å². The molecule has 3 N–H and O–H groups in total. The first-order chi connectivity index (χ1) is 10.2. The van der Waals surface area contributed by atoms with Crippen molar-refractivity contribution in [3.8, 4) is 0 Å². The summed E-state index contributed by atoms with van der Waals surface area (Å²) in [5, 5.41) is 14.2. The van der Waals surface area contributed by atoms with Gasteiger partial charge in [-0.1, -0.05) is 12.1 Å². The Morgan fingerprint density at radius 1 is 1.05 bits per heavy atom. The monoisotopic (exact) mass is 288 g/mol. The quantitative estimate of drug-likeness (QED) is 0.789. The molecule has 0 saturated heterocycles. The number of benzene rings is 2. The lowest BCUT2D eigenvalue weighted by Crippen LogP contribution is -2.19. The molecule has 0 unspecified atom stereocenters. The first kappa shape index (κ1) is 15.0. The number of halogens is 1. The SMILES string of the molecule is O=C(Nc1ccc(F)cc1)Nc1cccc(CCCO)c1. The van der Waals surface area contributed by atoms with Crippen molar-refractivity contribution in [3.05, 3.63) is 59.9 Å². The molecule has 5 heteroatoms. The third kappa shape index (κ3) is 4.89. The van der Waals surface area contributed by atoms with Crippen molar-refractivity contribution in [1.29, 1.82) is 0 Å². The van der Waals surface area contributed by atoms with E-state index in [1.807, 2.05) is 18.2 Å². The number of hydrogen-bond donors (Lipinski definition) is 3. The van der Waals surface area contributed by atoms with E-state index in [9.17, 15) is 9.18 Å². The molecule has 0 spiro atoms. The zero-order valence-electron chi connectivity index (χ0n) is 11.5. The molecule has 2 aromatic carbocycles. The second-order valence-corrected chi connectivity index (χ2v) is 4.61. The first-order valence-electron chi connectivity index (χ1n) is 6.71. The lowest BCUT2D eigenvalue weighted by Gasteiger charge is -2.09. The summed E-state index contributed by atoms with van der Waals surface area (Å²) >= 11 is 0. The summed E-state index contributed by atoms with van der Waals surface area (Å²) in [6.07, 6.45) is 1.44. The number of anilines is 2. The fourth-order valence-corrected chi connectivity index (χ4v) is 1.91. The van der Waals surface area contributed by atoms with E-state index in [1.165, 1.54) is 24.3 Å². The van der Waals surface area contributed by atoms with E-state index in [-0.39, 0.29) is 18.5 Å². The maximum Gasteiger partial charge on any atom is 0.323 e. The molecule has 0 saturated carbocycles. The van der Waals surface area contributed by atoms with Crippen LogP contribution in [0.2, 0.25) is 0 Å². The van der Waals surface area contributed by atoms with E-state index in [2.05, 4.69) is 10.6 Å². The number of aliphatic hydroxyl groups excluding tert-OH is 1. The summed E-state index contributed by atoms with van der Waals surface area (Å²) in [7, 11) is 0. The number of aliphatic hydroxyl groups is 1. The van der Waals surface area contributed by atoms with Gasteiger partial charge in [0.25, 0.3) is 0 Å². The molecule has 0 aromatic heterocycles. The van der Waals surface area contributed by atoms with Crippen molar-refractivity contribution in [1.82, 2.24) is 0 Å². The number of aryl methyl sites for hydroxylation is 1. The molecular weight excluding hydrogens is 271 g/mol. The largest absolute Gasteiger partial charge is 0.396 e. The van der Waals surface area contributed by atoms with Crippen LogP contribution in [0.1, 0.15) is 12.0 Å². The van der Waals surface area contributed by atoms with Crippen molar-refractivity contribution in [2.75, 3.05) is 17.2 Å². The predicted octanol–water partition coefficient (Wildman–Crippen LogP) is 3.39. The van der Waals surface area contributed by atoms with Gasteiger partial charge in [0.1, 0.15) is 5.82 Å². The second kappa shape index (κ2) is 7.40. The summed E-state index contributed by atoms with van der Waals surface area (Å²) in [4.78, 5) is 11.8. The molecule has 0 aliphatic carbocycles. The minimum Gasteiger partial charge on any atom is -0.396 e. The van der Waals surface area contributed by atoms with E-state index in [0.717, 1.165) is 12.0 Å². The number of carbonyl (C=O) groups excluding carboxylic acids is 1. The Kier molecular flexibility index (Phi) is 5.29. The normalized spacial score (nSPS) is 10.2. The van der Waals surface area contributed by atoms with Gasteiger partial charge in [-0.25, -0.2) is 9.18 Å². The van der Waals surface area contributed by atoms with Gasteiger partial charge in [0.05, 0.1) is 0 Å². The zero-order valence-corrected chi connectivity index (χ0v) is 11.5. The van der Waals surface area contributed by atoms with Crippen LogP contribution < -0.4 is 10.6 Å². The Morgan fingerprint density at radius 3 is 2.48 bits per heavy atom. The van der Waals surface area contributed by atoms with Gasteiger partial charge in [-0.05, 0) is 54.8 Å². The fraction of sp³-hybridized carbons (Fsp3) is 0.188. The lowest BCUT2D eigenvalue weighted by molar-refractivity contribution is 0.262. The van der Waals surface area contributed by atoms with Crippen LogP contribution in [0.4, 0.5) is 20.6 Å². The van der Waals surface area contributed by atoms with Crippen molar-refractivity contribution >= 4 is 17.4 Å². The standard InChI is InChI=1S/C16H17FN2O2/c17-13-6-8-14(9-7-13)18-16(21)19-15-5-1-3-12(11-15)4-2-10-20/h1,3,5-9,11,20H,2,4,10H2,(H2,18,19,21). The Hall–Kier alpha value is -2.40. The Balaban J connectivity index is 1.94. The molecule has 0 radical (unpaired) electrons. The van der Waals surface area contributed by atoms with E-state index in [0.29, 0.717) is 17.8 Å². The van der Waals surface area contributed by atoms with E-state index < -0.39 is 0 Å². The van der Waals surface area contributed by atoms with Gasteiger partial charge < -0.3 is 15.7 Å². The molecular formula is C16H17FN2O2. The van der Waals surface area contributed by atoms with Crippen LogP contribution in [0.25, 0.3) is 0 Å². The average Bonchev–Trinajstić information content (AvgIpc) is 2.48. The summed E-state index contributed by atoms with van der Waals surface area (Å²) in [5.41, 5.74) is 2.24. The summed E-state index contributed by atoms with van der Waals surface area (Å²) in [6.45, 7) is 0.142. The van der Waals surface area contributed by atoms with Crippen molar-refractivity contribution in [3.63, 3.8) is 0 Å². The van der Waals surface area contributed by atoms with E-state index >= 15 is 0 Å². The summed E-state index contributed by atoms with van der Waals surface area (Å²) in [5.74, 6) is -0.349. The maximum absolute atomic E-state index is 12.8. The van der Waals surface area contributed by atoms with E-state index in [1.54, 1.807) is 6.07 Å². The topological polar surface area (TPSA) is 61.4 Å². The van der Waals surface area contributed by atoms with Crippen LogP contribution >= 0.6 is 0 Å². The van der Waals surface area contributed by atoms with Gasteiger partial charge >= 0.3 is 6.03 Å². The van der Waals surface area contributed by atoms with Crippen LogP contribution in [0.15, 0.2) is 48.5 Å². The van der Waals surface area contributed by atoms with Crippen molar-refractivity contribution < 1.29 is 14.3 Å². The number of nitrogens with one attached hydrogen (secondary N) is 2. The van der Waals surface area contributed by atoms with Crippen LogP contribution in [0.3, 0.4) is 0 Å². The van der Waals surface area contributed by atoms with Gasteiger partial charge in [-0.3, -0.25) is 0 Å². The van der Waals surface area contributed by atoms with Gasteiger partial charge in [0.2, 0.25) is 0 Å². The number of amides is 2. The molecule has 2 rings (SSSR count). The van der Waals surface area contributed by atoms with Gasteiger partial charge in [-0.2, -0.15) is 0 Å². The number of carbonyl (C=O) groups is 1. The minimum absolute atomic E-state index is 0.142. The van der Waals surface area contributed by atoms with Crippen LogP contribution in [-0.4, -0.2) is 17.7 Å². The molecule has 0 bridgehead atoms. The predicted molar refractivity (Wildman–Crippen MR) is 80.9 cm³/mol. The lowest BCUT2D eigenvalue weighted by atomic mass is 10.1. The highest BCUT2D eigenvalue weighted by Gasteiger charge is 2.03. The second-order valence-electron chi connectivity index (χ2n) is 4.61.